The smallest absolute Gasteiger partial charge is 0.416 e. The van der Waals surface area contributed by atoms with E-state index in [4.69, 9.17) is 4.74 Å². The third-order valence-corrected chi connectivity index (χ3v) is 3.91. The Balaban J connectivity index is 2.34. The van der Waals surface area contributed by atoms with Crippen LogP contribution in [0.25, 0.3) is 0 Å². The molecule has 2 rings (SSSR count). The monoisotopic (exact) mass is 333 g/mol. The van der Waals surface area contributed by atoms with E-state index in [0.717, 1.165) is 24.5 Å². The molecule has 0 saturated carbocycles. The van der Waals surface area contributed by atoms with Gasteiger partial charge in [0.2, 0.25) is 5.88 Å². The Morgan fingerprint density at radius 2 is 1.91 bits per heavy atom. The number of hydrogen-bond donors (Lipinski definition) is 1. The summed E-state index contributed by atoms with van der Waals surface area (Å²) < 4.78 is 69.0. The van der Waals surface area contributed by atoms with Crippen LogP contribution in [0.15, 0.2) is 41.6 Å². The zero-order chi connectivity index (χ0) is 16.4. The highest BCUT2D eigenvalue weighted by Crippen LogP contribution is 2.30. The summed E-state index contributed by atoms with van der Waals surface area (Å²) in [6.45, 7) is 0. The van der Waals surface area contributed by atoms with Gasteiger partial charge in [-0.3, -0.25) is 4.72 Å². The number of nitrogens with one attached hydrogen (secondary N) is 1. The SMILES string of the molecule is COc1cc(NS(=O)(=O)c2cccc(C(F)(F)F)c2)ncn1. The average Bonchev–Trinajstić information content (AvgIpc) is 2.46. The number of rotatable bonds is 4. The number of nitrogens with zero attached hydrogens (tertiary/aromatic N) is 2. The molecular formula is C12H10F3N3O3S. The van der Waals surface area contributed by atoms with E-state index in [9.17, 15) is 21.6 Å². The van der Waals surface area contributed by atoms with Crippen molar-refractivity contribution in [3.8, 4) is 5.88 Å². The largest absolute Gasteiger partial charge is 0.481 e. The molecule has 0 saturated heterocycles. The Labute approximate surface area is 124 Å². The number of alkyl halides is 3. The van der Waals surface area contributed by atoms with Gasteiger partial charge >= 0.3 is 6.18 Å². The Hall–Kier alpha value is -2.36. The first-order chi connectivity index (χ1) is 10.2. The lowest BCUT2D eigenvalue weighted by atomic mass is 10.2. The van der Waals surface area contributed by atoms with Gasteiger partial charge in [0.15, 0.2) is 0 Å². The zero-order valence-electron chi connectivity index (χ0n) is 11.1. The van der Waals surface area contributed by atoms with E-state index in [-0.39, 0.29) is 11.7 Å². The Bertz CT molecular complexity index is 778. The van der Waals surface area contributed by atoms with Crippen LogP contribution in [0.3, 0.4) is 0 Å². The second-order valence-corrected chi connectivity index (χ2v) is 5.76. The summed E-state index contributed by atoms with van der Waals surface area (Å²) in [5, 5.41) is 0. The van der Waals surface area contributed by atoms with Crippen molar-refractivity contribution in [3.63, 3.8) is 0 Å². The number of halogens is 3. The quantitative estimate of drug-likeness (QED) is 0.928. The van der Waals surface area contributed by atoms with Gasteiger partial charge in [0.1, 0.15) is 12.1 Å². The third-order valence-electron chi connectivity index (χ3n) is 2.56. The molecule has 1 N–H and O–H groups in total. The molecule has 1 aromatic carbocycles. The minimum Gasteiger partial charge on any atom is -0.481 e. The maximum Gasteiger partial charge on any atom is 0.416 e. The molecule has 0 spiro atoms. The van der Waals surface area contributed by atoms with Crippen molar-refractivity contribution in [1.82, 2.24) is 9.97 Å². The first kappa shape index (κ1) is 16.0. The van der Waals surface area contributed by atoms with E-state index in [1.165, 1.54) is 13.2 Å². The predicted octanol–water partition coefficient (Wildman–Crippen LogP) is 2.30. The van der Waals surface area contributed by atoms with Crippen molar-refractivity contribution in [2.24, 2.45) is 0 Å². The summed E-state index contributed by atoms with van der Waals surface area (Å²) in [6, 6.07) is 4.59. The molecular weight excluding hydrogens is 323 g/mol. The van der Waals surface area contributed by atoms with Crippen molar-refractivity contribution >= 4 is 15.8 Å². The van der Waals surface area contributed by atoms with Crippen LogP contribution in [0.1, 0.15) is 5.56 Å². The minimum absolute atomic E-state index is 0.108. The first-order valence-corrected chi connectivity index (χ1v) is 7.27. The molecule has 0 bridgehead atoms. The van der Waals surface area contributed by atoms with Crippen LogP contribution in [0.5, 0.6) is 5.88 Å². The highest BCUT2D eigenvalue weighted by molar-refractivity contribution is 7.92. The van der Waals surface area contributed by atoms with Crippen molar-refractivity contribution < 1.29 is 26.3 Å². The van der Waals surface area contributed by atoms with Crippen LogP contribution in [0, 0.1) is 0 Å². The molecule has 0 amide bonds. The average molecular weight is 333 g/mol. The highest BCUT2D eigenvalue weighted by atomic mass is 32.2. The molecule has 6 nitrogen and oxygen atoms in total. The van der Waals surface area contributed by atoms with Gasteiger partial charge in [-0.25, -0.2) is 18.4 Å². The van der Waals surface area contributed by atoms with Crippen molar-refractivity contribution in [2.45, 2.75) is 11.1 Å². The van der Waals surface area contributed by atoms with Crippen LogP contribution in [0.4, 0.5) is 19.0 Å². The lowest BCUT2D eigenvalue weighted by Crippen LogP contribution is -2.15. The van der Waals surface area contributed by atoms with E-state index >= 15 is 0 Å². The molecule has 0 unspecified atom stereocenters. The van der Waals surface area contributed by atoms with Crippen molar-refractivity contribution in [2.75, 3.05) is 11.8 Å². The molecule has 0 aliphatic rings. The van der Waals surface area contributed by atoms with Gasteiger partial charge < -0.3 is 4.74 Å². The summed E-state index contributed by atoms with van der Waals surface area (Å²) in [4.78, 5) is 6.83. The van der Waals surface area contributed by atoms with Gasteiger partial charge in [-0.1, -0.05) is 6.07 Å². The Kier molecular flexibility index (Phi) is 4.22. The summed E-state index contributed by atoms with van der Waals surface area (Å²) in [5.41, 5.74) is -1.06. The summed E-state index contributed by atoms with van der Waals surface area (Å²) in [7, 11) is -2.89. The molecule has 0 atom stereocenters. The highest BCUT2D eigenvalue weighted by Gasteiger charge is 2.31. The maximum absolute atomic E-state index is 12.6. The molecule has 22 heavy (non-hydrogen) atoms. The van der Waals surface area contributed by atoms with E-state index in [0.29, 0.717) is 6.07 Å². The number of methoxy groups -OCH3 is 1. The molecule has 0 aliphatic heterocycles. The summed E-state index contributed by atoms with van der Waals surface area (Å²) in [5.74, 6) is -0.0130. The fourth-order valence-electron chi connectivity index (χ4n) is 1.54. The van der Waals surface area contributed by atoms with Crippen LogP contribution in [-0.4, -0.2) is 25.5 Å². The molecule has 2 aromatic rings. The molecule has 1 aromatic heterocycles. The second-order valence-electron chi connectivity index (χ2n) is 4.08. The molecule has 0 radical (unpaired) electrons. The number of aromatic nitrogens is 2. The third kappa shape index (κ3) is 3.64. The molecule has 0 fully saturated rings. The van der Waals surface area contributed by atoms with Gasteiger partial charge in [-0.2, -0.15) is 13.2 Å². The molecule has 10 heteroatoms. The van der Waals surface area contributed by atoms with Crippen LogP contribution >= 0.6 is 0 Å². The number of hydrogen-bond acceptors (Lipinski definition) is 5. The van der Waals surface area contributed by atoms with E-state index < -0.39 is 26.7 Å². The topological polar surface area (TPSA) is 81.2 Å². The molecule has 0 aliphatic carbocycles. The van der Waals surface area contributed by atoms with Crippen molar-refractivity contribution in [3.05, 3.63) is 42.2 Å². The van der Waals surface area contributed by atoms with Gasteiger partial charge in [-0.05, 0) is 18.2 Å². The summed E-state index contributed by atoms with van der Waals surface area (Å²) >= 11 is 0. The lowest BCUT2D eigenvalue weighted by molar-refractivity contribution is -0.137. The maximum atomic E-state index is 12.6. The lowest BCUT2D eigenvalue weighted by Gasteiger charge is -2.10. The van der Waals surface area contributed by atoms with Gasteiger partial charge in [0.25, 0.3) is 10.0 Å². The first-order valence-electron chi connectivity index (χ1n) is 5.78. The zero-order valence-corrected chi connectivity index (χ0v) is 11.9. The fraction of sp³-hybridized carbons (Fsp3) is 0.167. The fourth-order valence-corrected chi connectivity index (χ4v) is 2.59. The number of ether oxygens (including phenoxy) is 1. The van der Waals surface area contributed by atoms with E-state index in [1.807, 2.05) is 0 Å². The van der Waals surface area contributed by atoms with E-state index in [2.05, 4.69) is 14.7 Å². The summed E-state index contributed by atoms with van der Waals surface area (Å²) in [6.07, 6.45) is -3.58. The standard InChI is InChI=1S/C12H10F3N3O3S/c1-21-11-6-10(16-7-17-11)18-22(19,20)9-4-2-3-8(5-9)12(13,14)15/h2-7H,1H3,(H,16,17,18). The second kappa shape index (κ2) is 5.79. The molecule has 1 heterocycles. The Morgan fingerprint density at radius 1 is 1.18 bits per heavy atom. The van der Waals surface area contributed by atoms with Crippen LogP contribution < -0.4 is 9.46 Å². The van der Waals surface area contributed by atoms with Crippen LogP contribution in [0.2, 0.25) is 0 Å². The predicted molar refractivity (Wildman–Crippen MR) is 70.8 cm³/mol. The number of anilines is 1. The van der Waals surface area contributed by atoms with Gasteiger partial charge in [0.05, 0.1) is 17.6 Å². The minimum atomic E-state index is -4.64. The van der Waals surface area contributed by atoms with Crippen molar-refractivity contribution in [1.29, 1.82) is 0 Å². The van der Waals surface area contributed by atoms with E-state index in [1.54, 1.807) is 0 Å². The van der Waals surface area contributed by atoms with Gasteiger partial charge in [0, 0.05) is 6.07 Å². The Morgan fingerprint density at radius 3 is 2.55 bits per heavy atom. The number of benzene rings is 1. The molecule has 118 valence electrons. The van der Waals surface area contributed by atoms with Crippen LogP contribution in [-0.2, 0) is 16.2 Å². The number of sulfonamides is 1. The normalized spacial score (nSPS) is 12.0. The van der Waals surface area contributed by atoms with Gasteiger partial charge in [-0.15, -0.1) is 0 Å².